The third-order valence-electron chi connectivity index (χ3n) is 1.82. The number of allylic oxidation sites excluding steroid dienone is 5. The van der Waals surface area contributed by atoms with E-state index in [1.165, 1.54) is 11.3 Å². The standard InChI is InChI=1S/C13H14OS/c1-4-11(8-7-10(2)3)13(14)12-6-5-9-15-12/h4-9H,1H2,2-3H3/b11-8+. The lowest BCUT2D eigenvalue weighted by molar-refractivity contribution is 0.104. The Kier molecular flexibility index (Phi) is 4.25. The summed E-state index contributed by atoms with van der Waals surface area (Å²) in [5.41, 5.74) is 1.80. The fraction of sp³-hybridized carbons (Fsp3) is 0.154. The van der Waals surface area contributed by atoms with E-state index in [-0.39, 0.29) is 5.78 Å². The van der Waals surface area contributed by atoms with Crippen molar-refractivity contribution >= 4 is 17.1 Å². The summed E-state index contributed by atoms with van der Waals surface area (Å²) < 4.78 is 0. The Hall–Kier alpha value is -1.41. The van der Waals surface area contributed by atoms with E-state index in [1.807, 2.05) is 43.5 Å². The molecule has 0 aliphatic heterocycles. The summed E-state index contributed by atoms with van der Waals surface area (Å²) in [4.78, 5) is 12.6. The SMILES string of the molecule is C=C/C(=C\C=C(C)C)C(=O)c1cccs1. The molecule has 1 aromatic rings. The molecule has 78 valence electrons. The Morgan fingerprint density at radius 3 is 2.60 bits per heavy atom. The van der Waals surface area contributed by atoms with Gasteiger partial charge in [-0.05, 0) is 25.3 Å². The molecule has 0 N–H and O–H groups in total. The highest BCUT2D eigenvalue weighted by molar-refractivity contribution is 7.12. The third kappa shape index (κ3) is 3.33. The molecule has 0 fully saturated rings. The summed E-state index contributed by atoms with van der Waals surface area (Å²) in [6, 6.07) is 3.70. The fourth-order valence-electron chi connectivity index (χ4n) is 1.04. The van der Waals surface area contributed by atoms with Gasteiger partial charge in [0.15, 0.2) is 0 Å². The molecule has 1 nitrogen and oxygen atoms in total. The zero-order chi connectivity index (χ0) is 11.3. The lowest BCUT2D eigenvalue weighted by Gasteiger charge is -1.97. The lowest BCUT2D eigenvalue weighted by Crippen LogP contribution is -1.97. The van der Waals surface area contributed by atoms with Gasteiger partial charge in [-0.2, -0.15) is 0 Å². The van der Waals surface area contributed by atoms with E-state index >= 15 is 0 Å². The second-order valence-electron chi connectivity index (χ2n) is 3.38. The number of carbonyl (C=O) groups is 1. The van der Waals surface area contributed by atoms with Gasteiger partial charge in [0.2, 0.25) is 5.78 Å². The zero-order valence-electron chi connectivity index (χ0n) is 8.99. The van der Waals surface area contributed by atoms with E-state index in [2.05, 4.69) is 6.58 Å². The van der Waals surface area contributed by atoms with Gasteiger partial charge < -0.3 is 0 Å². The minimum Gasteiger partial charge on any atom is -0.288 e. The maximum absolute atomic E-state index is 11.9. The number of hydrogen-bond acceptors (Lipinski definition) is 2. The van der Waals surface area contributed by atoms with Crippen LogP contribution in [0.2, 0.25) is 0 Å². The molecule has 0 amide bonds. The molecule has 0 aliphatic rings. The summed E-state index contributed by atoms with van der Waals surface area (Å²) >= 11 is 1.45. The fourth-order valence-corrected chi connectivity index (χ4v) is 1.73. The van der Waals surface area contributed by atoms with Crippen molar-refractivity contribution in [1.29, 1.82) is 0 Å². The van der Waals surface area contributed by atoms with Gasteiger partial charge in [-0.25, -0.2) is 0 Å². The van der Waals surface area contributed by atoms with Gasteiger partial charge >= 0.3 is 0 Å². The van der Waals surface area contributed by atoms with Crippen LogP contribution in [-0.2, 0) is 0 Å². The number of rotatable bonds is 4. The van der Waals surface area contributed by atoms with Crippen molar-refractivity contribution in [3.8, 4) is 0 Å². The molecule has 0 radical (unpaired) electrons. The van der Waals surface area contributed by atoms with Crippen molar-refractivity contribution in [3.05, 3.63) is 58.3 Å². The van der Waals surface area contributed by atoms with Crippen molar-refractivity contribution in [1.82, 2.24) is 0 Å². The van der Waals surface area contributed by atoms with Crippen LogP contribution >= 0.6 is 11.3 Å². The average molecular weight is 218 g/mol. The number of thiophene rings is 1. The summed E-state index contributed by atoms with van der Waals surface area (Å²) in [5.74, 6) is 0.0394. The van der Waals surface area contributed by atoms with Crippen molar-refractivity contribution in [2.75, 3.05) is 0 Å². The van der Waals surface area contributed by atoms with Crippen LogP contribution in [0.5, 0.6) is 0 Å². The highest BCUT2D eigenvalue weighted by Gasteiger charge is 2.08. The van der Waals surface area contributed by atoms with Crippen LogP contribution in [0.4, 0.5) is 0 Å². The lowest BCUT2D eigenvalue weighted by atomic mass is 10.1. The van der Waals surface area contributed by atoms with Crippen molar-refractivity contribution in [2.45, 2.75) is 13.8 Å². The van der Waals surface area contributed by atoms with Crippen LogP contribution in [0.1, 0.15) is 23.5 Å². The van der Waals surface area contributed by atoms with E-state index in [9.17, 15) is 4.79 Å². The average Bonchev–Trinajstić information content (AvgIpc) is 2.70. The van der Waals surface area contributed by atoms with Gasteiger partial charge in [0, 0.05) is 5.57 Å². The molecule has 0 aliphatic carbocycles. The molecule has 0 unspecified atom stereocenters. The third-order valence-corrected chi connectivity index (χ3v) is 2.69. The predicted molar refractivity (Wildman–Crippen MR) is 66.4 cm³/mol. The van der Waals surface area contributed by atoms with Crippen LogP contribution in [0, 0.1) is 0 Å². The maximum Gasteiger partial charge on any atom is 0.202 e. The Morgan fingerprint density at radius 1 is 1.40 bits per heavy atom. The molecule has 2 heteroatoms. The van der Waals surface area contributed by atoms with Crippen LogP contribution in [0.25, 0.3) is 0 Å². The molecule has 0 saturated carbocycles. The Morgan fingerprint density at radius 2 is 2.13 bits per heavy atom. The van der Waals surface area contributed by atoms with E-state index in [0.717, 1.165) is 10.5 Å². The highest BCUT2D eigenvalue weighted by Crippen LogP contribution is 2.15. The second-order valence-corrected chi connectivity index (χ2v) is 4.32. The molecule has 0 aromatic carbocycles. The largest absolute Gasteiger partial charge is 0.288 e. The van der Waals surface area contributed by atoms with Crippen molar-refractivity contribution in [3.63, 3.8) is 0 Å². The second kappa shape index (κ2) is 5.47. The summed E-state index contributed by atoms with van der Waals surface area (Å²) in [6.07, 6.45) is 5.33. The normalized spacial score (nSPS) is 10.9. The molecule has 0 saturated heterocycles. The Bertz CT molecular complexity index is 404. The van der Waals surface area contributed by atoms with Gasteiger partial charge in [0.1, 0.15) is 0 Å². The quantitative estimate of drug-likeness (QED) is 0.424. The molecule has 0 bridgehead atoms. The van der Waals surface area contributed by atoms with Crippen LogP contribution in [-0.4, -0.2) is 5.78 Å². The first-order valence-electron chi connectivity index (χ1n) is 4.71. The van der Waals surface area contributed by atoms with Crippen LogP contribution in [0.15, 0.2) is 53.5 Å². The monoisotopic (exact) mass is 218 g/mol. The molecular formula is C13H14OS. The van der Waals surface area contributed by atoms with Gasteiger partial charge in [-0.1, -0.05) is 36.4 Å². The number of ketones is 1. The van der Waals surface area contributed by atoms with E-state index < -0.39 is 0 Å². The van der Waals surface area contributed by atoms with Crippen molar-refractivity contribution < 1.29 is 4.79 Å². The van der Waals surface area contributed by atoms with Crippen LogP contribution < -0.4 is 0 Å². The maximum atomic E-state index is 11.9. The first kappa shape index (κ1) is 11.7. The minimum atomic E-state index is 0.0394. The molecule has 1 aromatic heterocycles. The van der Waals surface area contributed by atoms with E-state index in [1.54, 1.807) is 6.08 Å². The highest BCUT2D eigenvalue weighted by atomic mass is 32.1. The summed E-state index contributed by atoms with van der Waals surface area (Å²) in [7, 11) is 0. The minimum absolute atomic E-state index is 0.0394. The summed E-state index contributed by atoms with van der Waals surface area (Å²) in [6.45, 7) is 7.64. The predicted octanol–water partition coefficient (Wildman–Crippen LogP) is 4.01. The van der Waals surface area contributed by atoms with Gasteiger partial charge in [-0.15, -0.1) is 11.3 Å². The smallest absolute Gasteiger partial charge is 0.202 e. The van der Waals surface area contributed by atoms with E-state index in [0.29, 0.717) is 5.57 Å². The van der Waals surface area contributed by atoms with E-state index in [4.69, 9.17) is 0 Å². The molecule has 1 rings (SSSR count). The number of carbonyl (C=O) groups excluding carboxylic acids is 1. The molecule has 0 spiro atoms. The first-order valence-corrected chi connectivity index (χ1v) is 5.59. The summed E-state index contributed by atoms with van der Waals surface area (Å²) in [5, 5.41) is 1.90. The Balaban J connectivity index is 2.94. The molecule has 0 atom stereocenters. The number of hydrogen-bond donors (Lipinski definition) is 0. The first-order chi connectivity index (χ1) is 7.15. The van der Waals surface area contributed by atoms with Gasteiger partial charge in [0.05, 0.1) is 4.88 Å². The molecule has 15 heavy (non-hydrogen) atoms. The van der Waals surface area contributed by atoms with Gasteiger partial charge in [-0.3, -0.25) is 4.79 Å². The van der Waals surface area contributed by atoms with Crippen LogP contribution in [0.3, 0.4) is 0 Å². The number of Topliss-reactive ketones (excluding diaryl/α,β-unsaturated/α-hetero) is 1. The van der Waals surface area contributed by atoms with Gasteiger partial charge in [0.25, 0.3) is 0 Å². The Labute approximate surface area is 94.4 Å². The molecule has 1 heterocycles. The molecular weight excluding hydrogens is 204 g/mol. The topological polar surface area (TPSA) is 17.1 Å². The van der Waals surface area contributed by atoms with Crippen molar-refractivity contribution in [2.24, 2.45) is 0 Å². The zero-order valence-corrected chi connectivity index (χ0v) is 9.80.